The van der Waals surface area contributed by atoms with Gasteiger partial charge in [-0.1, -0.05) is 42.4 Å². The van der Waals surface area contributed by atoms with E-state index in [0.29, 0.717) is 16.3 Å². The lowest BCUT2D eigenvalue weighted by molar-refractivity contribution is -0.110. The van der Waals surface area contributed by atoms with Crippen LogP contribution in [-0.4, -0.2) is 22.6 Å². The third-order valence-corrected chi connectivity index (χ3v) is 5.86. The maximum Gasteiger partial charge on any atom is 0.255 e. The fraction of sp³-hybridized carbons (Fsp3) is 0.167. The Morgan fingerprint density at radius 2 is 1.90 bits per heavy atom. The summed E-state index contributed by atoms with van der Waals surface area (Å²) >= 11 is 6.39. The topological polar surface area (TPSA) is 62.2 Å². The summed E-state index contributed by atoms with van der Waals surface area (Å²) in [6, 6.07) is 14.7. The third kappa shape index (κ3) is 3.86. The van der Waals surface area contributed by atoms with E-state index in [0.717, 1.165) is 29.5 Å². The number of rotatable bonds is 3. The number of hydrogen-bond acceptors (Lipinski definition) is 3. The Kier molecular flexibility index (Phi) is 5.41. The molecule has 1 aliphatic heterocycles. The second kappa shape index (κ2) is 8.01. The van der Waals surface area contributed by atoms with Gasteiger partial charge < -0.3 is 10.4 Å². The first-order valence-electron chi connectivity index (χ1n) is 9.55. The number of fused-ring (bicyclic) bond motifs is 1. The molecule has 2 N–H and O–H groups in total. The van der Waals surface area contributed by atoms with Crippen molar-refractivity contribution >= 4 is 28.8 Å². The molecule has 3 aromatic rings. The molecule has 30 heavy (non-hydrogen) atoms. The Hall–Kier alpha value is -3.02. The molecule has 1 saturated carbocycles. The van der Waals surface area contributed by atoms with Crippen LogP contribution in [0.1, 0.15) is 24.0 Å². The maximum absolute atomic E-state index is 11.8. The Morgan fingerprint density at radius 3 is 2.43 bits per heavy atom. The van der Waals surface area contributed by atoms with Crippen molar-refractivity contribution < 1.29 is 14.3 Å². The molecule has 1 fully saturated rings. The molecule has 2 aliphatic rings. The van der Waals surface area contributed by atoms with Crippen molar-refractivity contribution in [1.82, 2.24) is 4.98 Å². The zero-order valence-corrected chi connectivity index (χ0v) is 16.9. The van der Waals surface area contributed by atoms with Crippen LogP contribution < -0.4 is 5.32 Å². The molecule has 4 nitrogen and oxygen atoms in total. The minimum Gasteiger partial charge on any atom is -0.395 e. The van der Waals surface area contributed by atoms with Gasteiger partial charge >= 0.3 is 0 Å². The lowest BCUT2D eigenvalue weighted by Gasteiger charge is -2.13. The molecule has 1 aliphatic carbocycles. The number of nitrogens with one attached hydrogen (secondary N) is 1. The quantitative estimate of drug-likeness (QED) is 0.569. The standard InChI is InChI=1S/C19H16ClNO2.C5H4FN/c1-11-14-8-15(16(20)9-17(14)21-18(11)23)12-2-4-13(5-3-12)19(10-22)6-7-19;6-5-2-1-3-7-4-5/h2-5,8-9,22H,1,6-7,10H2,(H,21,23);1-4H. The van der Waals surface area contributed by atoms with Crippen LogP contribution >= 0.6 is 11.6 Å². The summed E-state index contributed by atoms with van der Waals surface area (Å²) < 4.78 is 11.8. The first-order valence-corrected chi connectivity index (χ1v) is 9.93. The predicted octanol–water partition coefficient (Wildman–Crippen LogP) is 5.22. The summed E-state index contributed by atoms with van der Waals surface area (Å²) in [6.07, 6.45) is 4.77. The predicted molar refractivity (Wildman–Crippen MR) is 117 cm³/mol. The van der Waals surface area contributed by atoms with E-state index in [1.54, 1.807) is 12.1 Å². The molecule has 152 valence electrons. The van der Waals surface area contributed by atoms with E-state index in [2.05, 4.69) is 29.0 Å². The second-order valence-electron chi connectivity index (χ2n) is 7.50. The second-order valence-corrected chi connectivity index (χ2v) is 7.90. The summed E-state index contributed by atoms with van der Waals surface area (Å²) in [5.41, 5.74) is 4.97. The zero-order valence-electron chi connectivity index (χ0n) is 16.2. The number of nitrogens with zero attached hydrogens (tertiary/aromatic N) is 1. The number of pyridine rings is 1. The number of aliphatic hydroxyl groups is 1. The van der Waals surface area contributed by atoms with Crippen LogP contribution in [0.15, 0.2) is 67.5 Å². The maximum atomic E-state index is 11.8. The van der Waals surface area contributed by atoms with Crippen molar-refractivity contribution in [3.8, 4) is 11.1 Å². The number of aromatic nitrogens is 1. The van der Waals surface area contributed by atoms with Gasteiger partial charge in [0.1, 0.15) is 5.82 Å². The summed E-state index contributed by atoms with van der Waals surface area (Å²) in [5.74, 6) is -0.468. The van der Waals surface area contributed by atoms with Crippen LogP contribution in [0, 0.1) is 5.82 Å². The molecule has 0 radical (unpaired) electrons. The SMILES string of the molecule is C=C1C(=O)Nc2cc(Cl)c(-c3ccc(C4(CO)CC4)cc3)cc21.Fc1cccnc1. The average Bonchev–Trinajstić information content (AvgIpc) is 3.51. The third-order valence-electron chi connectivity index (χ3n) is 5.54. The Labute approximate surface area is 179 Å². The monoisotopic (exact) mass is 422 g/mol. The average molecular weight is 423 g/mol. The molecule has 5 rings (SSSR count). The molecule has 0 unspecified atom stereocenters. The first-order chi connectivity index (χ1) is 14.4. The van der Waals surface area contributed by atoms with E-state index >= 15 is 0 Å². The number of carbonyl (C=O) groups is 1. The molecule has 1 aromatic heterocycles. The van der Waals surface area contributed by atoms with Crippen LogP contribution in [0.3, 0.4) is 0 Å². The van der Waals surface area contributed by atoms with E-state index in [4.69, 9.17) is 11.6 Å². The van der Waals surface area contributed by atoms with E-state index in [9.17, 15) is 14.3 Å². The van der Waals surface area contributed by atoms with Crippen molar-refractivity contribution in [2.75, 3.05) is 11.9 Å². The Morgan fingerprint density at radius 1 is 1.17 bits per heavy atom. The summed E-state index contributed by atoms with van der Waals surface area (Å²) in [6.45, 7) is 4.02. The van der Waals surface area contributed by atoms with Crippen molar-refractivity contribution in [2.45, 2.75) is 18.3 Å². The number of amides is 1. The lowest BCUT2D eigenvalue weighted by atomic mass is 9.93. The van der Waals surface area contributed by atoms with Crippen molar-refractivity contribution in [3.05, 3.63) is 89.5 Å². The van der Waals surface area contributed by atoms with Crippen molar-refractivity contribution in [2.24, 2.45) is 0 Å². The molecule has 2 heterocycles. The summed E-state index contributed by atoms with van der Waals surface area (Å²) in [4.78, 5) is 15.2. The van der Waals surface area contributed by atoms with Gasteiger partial charge in [0.05, 0.1) is 23.5 Å². The number of halogens is 2. The number of benzene rings is 2. The zero-order chi connectivity index (χ0) is 21.3. The van der Waals surface area contributed by atoms with Crippen molar-refractivity contribution in [3.63, 3.8) is 0 Å². The van der Waals surface area contributed by atoms with Gasteiger partial charge in [-0.3, -0.25) is 9.78 Å². The van der Waals surface area contributed by atoms with Gasteiger partial charge in [0.25, 0.3) is 5.91 Å². The fourth-order valence-corrected chi connectivity index (χ4v) is 3.77. The van der Waals surface area contributed by atoms with Gasteiger partial charge in [0.2, 0.25) is 0 Å². The van der Waals surface area contributed by atoms with E-state index in [-0.39, 0.29) is 23.7 Å². The van der Waals surface area contributed by atoms with Crippen LogP contribution in [0.5, 0.6) is 0 Å². The normalized spacial score (nSPS) is 15.7. The molecule has 0 spiro atoms. The molecule has 1 amide bonds. The molecule has 0 bridgehead atoms. The number of aliphatic hydroxyl groups excluding tert-OH is 1. The smallest absolute Gasteiger partial charge is 0.255 e. The number of hydrogen-bond donors (Lipinski definition) is 2. The molecule has 6 heteroatoms. The van der Waals surface area contributed by atoms with Gasteiger partial charge in [-0.2, -0.15) is 0 Å². The van der Waals surface area contributed by atoms with Gasteiger partial charge in [-0.15, -0.1) is 0 Å². The van der Waals surface area contributed by atoms with Crippen LogP contribution in [-0.2, 0) is 10.2 Å². The van der Waals surface area contributed by atoms with Crippen LogP contribution in [0.4, 0.5) is 10.1 Å². The Bertz CT molecular complexity index is 1110. The van der Waals surface area contributed by atoms with Gasteiger partial charge in [0.15, 0.2) is 0 Å². The van der Waals surface area contributed by atoms with E-state index in [1.807, 2.05) is 18.2 Å². The Balaban J connectivity index is 0.000000265. The summed E-state index contributed by atoms with van der Waals surface area (Å²) in [7, 11) is 0. The van der Waals surface area contributed by atoms with E-state index in [1.165, 1.54) is 24.0 Å². The first kappa shape index (κ1) is 20.3. The van der Waals surface area contributed by atoms with Crippen LogP contribution in [0.2, 0.25) is 5.02 Å². The molecule has 0 saturated heterocycles. The van der Waals surface area contributed by atoms with Gasteiger partial charge in [-0.05, 0) is 48.2 Å². The molecule has 2 aromatic carbocycles. The summed E-state index contributed by atoms with van der Waals surface area (Å²) in [5, 5.41) is 12.9. The van der Waals surface area contributed by atoms with Gasteiger partial charge in [-0.25, -0.2) is 4.39 Å². The highest BCUT2D eigenvalue weighted by Gasteiger charge is 2.43. The molecule has 0 atom stereocenters. The highest BCUT2D eigenvalue weighted by atomic mass is 35.5. The van der Waals surface area contributed by atoms with Crippen LogP contribution in [0.25, 0.3) is 16.7 Å². The minimum atomic E-state index is -0.289. The largest absolute Gasteiger partial charge is 0.395 e. The van der Waals surface area contributed by atoms with Gasteiger partial charge in [0, 0.05) is 28.3 Å². The van der Waals surface area contributed by atoms with Crippen molar-refractivity contribution in [1.29, 1.82) is 0 Å². The highest BCUT2D eigenvalue weighted by molar-refractivity contribution is 6.36. The number of carbonyl (C=O) groups excluding carboxylic acids is 1. The minimum absolute atomic E-state index is 0.0368. The fourth-order valence-electron chi connectivity index (χ4n) is 3.50. The molecular formula is C24H20ClFN2O2. The molecular weight excluding hydrogens is 403 g/mol. The number of anilines is 1. The highest BCUT2D eigenvalue weighted by Crippen LogP contribution is 2.48. The lowest BCUT2D eigenvalue weighted by Crippen LogP contribution is -2.11. The van der Waals surface area contributed by atoms with E-state index < -0.39 is 0 Å².